The number of aromatic nitrogens is 4. The summed E-state index contributed by atoms with van der Waals surface area (Å²) in [6, 6.07) is 13.6. The minimum atomic E-state index is -4.44. The molecule has 0 aliphatic carbocycles. The third kappa shape index (κ3) is 3.29. The molecular formula is C21H18F3N5. The number of H-pyrrole nitrogens is 1. The maximum atomic E-state index is 13.3. The molecule has 148 valence electrons. The van der Waals surface area contributed by atoms with E-state index in [1.165, 1.54) is 33.5 Å². The van der Waals surface area contributed by atoms with Crippen LogP contribution in [0.15, 0.2) is 54.7 Å². The van der Waals surface area contributed by atoms with Crippen molar-refractivity contribution < 1.29 is 13.2 Å². The summed E-state index contributed by atoms with van der Waals surface area (Å²) >= 11 is 0. The van der Waals surface area contributed by atoms with E-state index in [4.69, 9.17) is 0 Å². The third-order valence-electron chi connectivity index (χ3n) is 5.34. The summed E-state index contributed by atoms with van der Waals surface area (Å²) in [6.45, 7) is 2.14. The van der Waals surface area contributed by atoms with Gasteiger partial charge in [0.05, 0.1) is 23.1 Å². The van der Waals surface area contributed by atoms with Crippen molar-refractivity contribution in [1.29, 1.82) is 0 Å². The lowest BCUT2D eigenvalue weighted by molar-refractivity contribution is -0.137. The van der Waals surface area contributed by atoms with Gasteiger partial charge in [-0.15, -0.1) is 5.10 Å². The first-order chi connectivity index (χ1) is 14.0. The molecule has 0 bridgehead atoms. The van der Waals surface area contributed by atoms with Crippen molar-refractivity contribution in [1.82, 2.24) is 24.9 Å². The average Bonchev–Trinajstić information content (AvgIpc) is 3.31. The van der Waals surface area contributed by atoms with Gasteiger partial charge in [-0.1, -0.05) is 35.5 Å². The van der Waals surface area contributed by atoms with Crippen molar-refractivity contribution in [3.63, 3.8) is 0 Å². The maximum Gasteiger partial charge on any atom is 0.418 e. The molecule has 0 saturated heterocycles. The number of hydrogen-bond acceptors (Lipinski definition) is 3. The first-order valence-corrected chi connectivity index (χ1v) is 9.38. The highest BCUT2D eigenvalue weighted by Crippen LogP contribution is 2.33. The zero-order chi connectivity index (χ0) is 20.0. The van der Waals surface area contributed by atoms with Crippen LogP contribution in [-0.2, 0) is 25.7 Å². The molecule has 5 rings (SSSR count). The zero-order valence-electron chi connectivity index (χ0n) is 15.4. The monoisotopic (exact) mass is 397 g/mol. The lowest BCUT2D eigenvalue weighted by Crippen LogP contribution is -2.30. The van der Waals surface area contributed by atoms with E-state index in [1.807, 2.05) is 12.1 Å². The number of para-hydroxylation sites is 2. The number of hydrogen-bond donors (Lipinski definition) is 1. The van der Waals surface area contributed by atoms with Gasteiger partial charge in [-0.3, -0.25) is 4.90 Å². The van der Waals surface area contributed by atoms with Gasteiger partial charge in [-0.2, -0.15) is 13.2 Å². The highest BCUT2D eigenvalue weighted by Gasteiger charge is 2.34. The summed E-state index contributed by atoms with van der Waals surface area (Å²) in [7, 11) is 0. The SMILES string of the molecule is FC(F)(F)c1ccccc1-n1cc(CN2CCc3c([nH]c4ccccc34)C2)nn1. The van der Waals surface area contributed by atoms with Crippen molar-refractivity contribution in [3.05, 3.63) is 77.2 Å². The Bertz CT molecular complexity index is 1170. The number of benzene rings is 2. The smallest absolute Gasteiger partial charge is 0.357 e. The number of alkyl halides is 3. The number of aromatic amines is 1. The van der Waals surface area contributed by atoms with Gasteiger partial charge >= 0.3 is 6.18 Å². The third-order valence-corrected chi connectivity index (χ3v) is 5.34. The molecule has 29 heavy (non-hydrogen) atoms. The molecule has 0 saturated carbocycles. The van der Waals surface area contributed by atoms with Gasteiger partial charge in [0.15, 0.2) is 0 Å². The molecule has 0 amide bonds. The molecule has 0 unspecified atom stereocenters. The van der Waals surface area contributed by atoms with Gasteiger partial charge in [0.2, 0.25) is 0 Å². The Balaban J connectivity index is 1.37. The zero-order valence-corrected chi connectivity index (χ0v) is 15.4. The summed E-state index contributed by atoms with van der Waals surface area (Å²) in [5, 5.41) is 9.30. The van der Waals surface area contributed by atoms with Crippen LogP contribution in [0.1, 0.15) is 22.5 Å². The van der Waals surface area contributed by atoms with E-state index in [-0.39, 0.29) is 5.69 Å². The topological polar surface area (TPSA) is 49.7 Å². The first kappa shape index (κ1) is 17.9. The predicted molar refractivity (Wildman–Crippen MR) is 102 cm³/mol. The molecule has 3 heterocycles. The summed E-state index contributed by atoms with van der Waals surface area (Å²) in [5.74, 6) is 0. The second-order valence-corrected chi connectivity index (χ2v) is 7.26. The molecule has 0 radical (unpaired) electrons. The van der Waals surface area contributed by atoms with Gasteiger partial charge in [-0.05, 0) is 30.2 Å². The highest BCUT2D eigenvalue weighted by atomic mass is 19.4. The minimum Gasteiger partial charge on any atom is -0.357 e. The summed E-state index contributed by atoms with van der Waals surface area (Å²) in [6.07, 6.45) is -1.95. The lowest BCUT2D eigenvalue weighted by Gasteiger charge is -2.25. The molecule has 4 aromatic rings. The van der Waals surface area contributed by atoms with Crippen molar-refractivity contribution in [2.45, 2.75) is 25.7 Å². The normalized spacial score (nSPS) is 15.0. The Morgan fingerprint density at radius 3 is 2.69 bits per heavy atom. The van der Waals surface area contributed by atoms with Crippen LogP contribution >= 0.6 is 0 Å². The molecule has 5 nitrogen and oxygen atoms in total. The molecule has 1 N–H and O–H groups in total. The van der Waals surface area contributed by atoms with Crippen molar-refractivity contribution in [2.24, 2.45) is 0 Å². The number of halogens is 3. The Hall–Kier alpha value is -3.13. The number of fused-ring (bicyclic) bond motifs is 3. The van der Waals surface area contributed by atoms with E-state index in [2.05, 4.69) is 32.3 Å². The summed E-state index contributed by atoms with van der Waals surface area (Å²) in [4.78, 5) is 5.70. The molecule has 0 atom stereocenters. The Kier molecular flexibility index (Phi) is 4.16. The molecule has 1 aliphatic rings. The maximum absolute atomic E-state index is 13.3. The number of nitrogens with one attached hydrogen (secondary N) is 1. The minimum absolute atomic E-state index is 0.0182. The van der Waals surface area contributed by atoms with E-state index >= 15 is 0 Å². The molecule has 0 spiro atoms. The molecule has 2 aromatic carbocycles. The van der Waals surface area contributed by atoms with Gasteiger partial charge in [0.1, 0.15) is 0 Å². The van der Waals surface area contributed by atoms with Crippen LogP contribution in [-0.4, -0.2) is 31.4 Å². The Morgan fingerprint density at radius 2 is 1.83 bits per heavy atom. The van der Waals surface area contributed by atoms with Crippen LogP contribution in [0.5, 0.6) is 0 Å². The summed E-state index contributed by atoms with van der Waals surface area (Å²) in [5.41, 5.74) is 3.56. The Labute approximate surface area is 164 Å². The Morgan fingerprint density at radius 1 is 1.03 bits per heavy atom. The molecule has 1 aliphatic heterocycles. The quantitative estimate of drug-likeness (QED) is 0.560. The van der Waals surface area contributed by atoms with Crippen LogP contribution in [0.25, 0.3) is 16.6 Å². The van der Waals surface area contributed by atoms with Gasteiger partial charge in [-0.25, -0.2) is 4.68 Å². The second kappa shape index (κ2) is 6.73. The van der Waals surface area contributed by atoms with Crippen LogP contribution in [0.4, 0.5) is 13.2 Å². The highest BCUT2D eigenvalue weighted by molar-refractivity contribution is 5.84. The van der Waals surface area contributed by atoms with Gasteiger partial charge < -0.3 is 4.98 Å². The number of rotatable bonds is 3. The van der Waals surface area contributed by atoms with E-state index in [0.717, 1.165) is 31.1 Å². The predicted octanol–water partition coefficient (Wildman–Crippen LogP) is 4.33. The van der Waals surface area contributed by atoms with Crippen molar-refractivity contribution in [3.8, 4) is 5.69 Å². The van der Waals surface area contributed by atoms with Crippen molar-refractivity contribution >= 4 is 10.9 Å². The molecular weight excluding hydrogens is 379 g/mol. The summed E-state index contributed by atoms with van der Waals surface area (Å²) < 4.78 is 41.0. The first-order valence-electron chi connectivity index (χ1n) is 9.38. The van der Waals surface area contributed by atoms with E-state index < -0.39 is 11.7 Å². The van der Waals surface area contributed by atoms with Crippen LogP contribution in [0.3, 0.4) is 0 Å². The molecule has 8 heteroatoms. The van der Waals surface area contributed by atoms with E-state index in [1.54, 1.807) is 12.3 Å². The van der Waals surface area contributed by atoms with E-state index in [0.29, 0.717) is 12.2 Å². The largest absolute Gasteiger partial charge is 0.418 e. The number of nitrogens with zero attached hydrogens (tertiary/aromatic N) is 4. The molecule has 0 fully saturated rings. The lowest BCUT2D eigenvalue weighted by atomic mass is 10.0. The van der Waals surface area contributed by atoms with E-state index in [9.17, 15) is 13.2 Å². The van der Waals surface area contributed by atoms with Crippen molar-refractivity contribution in [2.75, 3.05) is 6.54 Å². The van der Waals surface area contributed by atoms with Crippen LogP contribution in [0.2, 0.25) is 0 Å². The average molecular weight is 397 g/mol. The molecule has 2 aromatic heterocycles. The van der Waals surface area contributed by atoms with Crippen LogP contribution in [0, 0.1) is 0 Å². The van der Waals surface area contributed by atoms with Crippen LogP contribution < -0.4 is 0 Å². The fourth-order valence-electron chi connectivity index (χ4n) is 4.01. The standard InChI is InChI=1S/C21H18F3N5/c22-21(23,24)17-6-2-4-8-20(17)29-12-14(26-27-29)11-28-10-9-16-15-5-1-3-7-18(15)25-19(16)13-28/h1-8,12,25H,9-11,13H2. The van der Waals surface area contributed by atoms with Gasteiger partial charge in [0, 0.05) is 36.2 Å². The second-order valence-electron chi connectivity index (χ2n) is 7.26. The van der Waals surface area contributed by atoms with Gasteiger partial charge in [0.25, 0.3) is 0 Å². The fraction of sp³-hybridized carbons (Fsp3) is 0.238. The fourth-order valence-corrected chi connectivity index (χ4v) is 4.01.